The molecule has 1 aromatic carbocycles. The first kappa shape index (κ1) is 22.5. The minimum absolute atomic E-state index is 0.0532. The highest BCUT2D eigenvalue weighted by Gasteiger charge is 2.33. The lowest BCUT2D eigenvalue weighted by atomic mass is 9.97. The van der Waals surface area contributed by atoms with E-state index in [1.165, 1.54) is 13.1 Å². The predicted molar refractivity (Wildman–Crippen MR) is 92.6 cm³/mol. The van der Waals surface area contributed by atoms with Crippen molar-refractivity contribution in [1.29, 1.82) is 0 Å². The lowest BCUT2D eigenvalue weighted by Crippen LogP contribution is -2.42. The molecule has 1 aliphatic heterocycles. The van der Waals surface area contributed by atoms with Gasteiger partial charge in [-0.2, -0.15) is 26.3 Å². The third-order valence-electron chi connectivity index (χ3n) is 4.88. The number of carbonyl (C=O) groups is 1. The first-order chi connectivity index (χ1) is 12.9. The number of benzene rings is 1. The Morgan fingerprint density at radius 2 is 1.93 bits per heavy atom. The van der Waals surface area contributed by atoms with Crippen LogP contribution in [0.1, 0.15) is 30.4 Å². The van der Waals surface area contributed by atoms with Gasteiger partial charge in [-0.1, -0.05) is 18.2 Å². The fraction of sp³-hybridized carbons (Fsp3) is 0.632. The molecule has 0 aliphatic carbocycles. The highest BCUT2D eigenvalue weighted by Crippen LogP contribution is 2.29. The van der Waals surface area contributed by atoms with Crippen molar-refractivity contribution in [2.45, 2.75) is 38.0 Å². The Labute approximate surface area is 160 Å². The van der Waals surface area contributed by atoms with Crippen LogP contribution in [0.4, 0.5) is 26.3 Å². The molecule has 3 nitrogen and oxygen atoms in total. The van der Waals surface area contributed by atoms with E-state index in [2.05, 4.69) is 4.90 Å². The van der Waals surface area contributed by atoms with Crippen LogP contribution >= 0.6 is 0 Å². The summed E-state index contributed by atoms with van der Waals surface area (Å²) < 4.78 is 75.4. The monoisotopic (exact) mass is 410 g/mol. The summed E-state index contributed by atoms with van der Waals surface area (Å²) in [7, 11) is 1.37. The fourth-order valence-corrected chi connectivity index (χ4v) is 3.49. The van der Waals surface area contributed by atoms with Crippen LogP contribution in [0.2, 0.25) is 0 Å². The number of alkyl halides is 6. The van der Waals surface area contributed by atoms with E-state index < -0.39 is 30.2 Å². The number of carbonyl (C=O) groups excluding carboxylic acids is 1. The fourth-order valence-electron chi connectivity index (χ4n) is 3.49. The molecule has 1 saturated heterocycles. The van der Waals surface area contributed by atoms with E-state index in [1.54, 1.807) is 6.07 Å². The molecule has 1 heterocycles. The van der Waals surface area contributed by atoms with Gasteiger partial charge in [-0.3, -0.25) is 4.79 Å². The van der Waals surface area contributed by atoms with Gasteiger partial charge in [0.1, 0.15) is 6.42 Å². The van der Waals surface area contributed by atoms with Gasteiger partial charge in [0.05, 0.1) is 5.56 Å². The van der Waals surface area contributed by atoms with Crippen molar-refractivity contribution in [3.63, 3.8) is 0 Å². The van der Waals surface area contributed by atoms with Gasteiger partial charge in [0, 0.05) is 26.7 Å². The van der Waals surface area contributed by atoms with Crippen molar-refractivity contribution in [1.82, 2.24) is 9.80 Å². The summed E-state index contributed by atoms with van der Waals surface area (Å²) in [5.41, 5.74) is -0.0826. The van der Waals surface area contributed by atoms with E-state index in [0.29, 0.717) is 25.1 Å². The normalized spacial score (nSPS) is 18.9. The molecule has 1 unspecified atom stereocenters. The Kier molecular flexibility index (Phi) is 7.36. The number of hydrogen-bond donors (Lipinski definition) is 0. The highest BCUT2D eigenvalue weighted by atomic mass is 19.4. The van der Waals surface area contributed by atoms with Gasteiger partial charge in [0.25, 0.3) is 0 Å². The zero-order valence-electron chi connectivity index (χ0n) is 15.6. The SMILES string of the molecule is CN(CC1CCCN(CCc2cccc(C(F)(F)F)c2)C1)C(=O)CC(F)(F)F. The zero-order chi connectivity index (χ0) is 20.9. The second-order valence-corrected chi connectivity index (χ2v) is 7.32. The molecule has 9 heteroatoms. The minimum atomic E-state index is -4.52. The summed E-state index contributed by atoms with van der Waals surface area (Å²) in [4.78, 5) is 14.9. The van der Waals surface area contributed by atoms with Crippen molar-refractivity contribution in [3.05, 3.63) is 35.4 Å². The average Bonchev–Trinajstić information content (AvgIpc) is 2.58. The maximum atomic E-state index is 12.8. The molecule has 0 saturated carbocycles. The van der Waals surface area contributed by atoms with Gasteiger partial charge in [0.2, 0.25) is 5.91 Å². The predicted octanol–water partition coefficient (Wildman–Crippen LogP) is 4.37. The average molecular weight is 410 g/mol. The van der Waals surface area contributed by atoms with E-state index in [0.717, 1.165) is 36.4 Å². The number of nitrogens with zero attached hydrogens (tertiary/aromatic N) is 2. The number of amides is 1. The zero-order valence-corrected chi connectivity index (χ0v) is 15.6. The summed E-state index contributed by atoms with van der Waals surface area (Å²) >= 11 is 0. The lowest BCUT2D eigenvalue weighted by molar-refractivity contribution is -0.161. The molecule has 1 fully saturated rings. The van der Waals surface area contributed by atoms with E-state index in [-0.39, 0.29) is 12.5 Å². The molecule has 0 bridgehead atoms. The van der Waals surface area contributed by atoms with E-state index in [9.17, 15) is 31.1 Å². The topological polar surface area (TPSA) is 23.6 Å². The van der Waals surface area contributed by atoms with E-state index in [1.807, 2.05) is 0 Å². The van der Waals surface area contributed by atoms with Crippen LogP contribution in [0.25, 0.3) is 0 Å². The van der Waals surface area contributed by atoms with Crippen LogP contribution in [0.15, 0.2) is 24.3 Å². The van der Waals surface area contributed by atoms with Crippen molar-refractivity contribution in [3.8, 4) is 0 Å². The number of likely N-dealkylation sites (tertiary alicyclic amines) is 1. The van der Waals surface area contributed by atoms with Crippen LogP contribution in [0.3, 0.4) is 0 Å². The summed E-state index contributed by atoms with van der Waals surface area (Å²) in [5, 5.41) is 0. The number of halogens is 6. The van der Waals surface area contributed by atoms with Gasteiger partial charge in [-0.25, -0.2) is 0 Å². The molecular weight excluding hydrogens is 386 g/mol. The Morgan fingerprint density at radius 3 is 2.57 bits per heavy atom. The van der Waals surface area contributed by atoms with Crippen LogP contribution in [-0.4, -0.2) is 55.1 Å². The highest BCUT2D eigenvalue weighted by molar-refractivity contribution is 5.76. The molecule has 158 valence electrons. The molecule has 0 radical (unpaired) electrons. The van der Waals surface area contributed by atoms with Crippen LogP contribution in [-0.2, 0) is 17.4 Å². The Morgan fingerprint density at radius 1 is 1.21 bits per heavy atom. The summed E-state index contributed by atoms with van der Waals surface area (Å²) in [6.07, 6.45) is -8.25. The van der Waals surface area contributed by atoms with Gasteiger partial charge in [0.15, 0.2) is 0 Å². The number of hydrogen-bond acceptors (Lipinski definition) is 2. The van der Waals surface area contributed by atoms with Gasteiger partial charge >= 0.3 is 12.4 Å². The standard InChI is InChI=1S/C19H24F6N2O/c1-26(17(28)11-18(20,21)22)12-15-5-3-8-27(13-15)9-7-14-4-2-6-16(10-14)19(23,24)25/h2,4,6,10,15H,3,5,7-9,11-13H2,1H3. The maximum Gasteiger partial charge on any atom is 0.416 e. The molecule has 0 N–H and O–H groups in total. The molecule has 28 heavy (non-hydrogen) atoms. The van der Waals surface area contributed by atoms with Gasteiger partial charge in [-0.05, 0) is 43.4 Å². The van der Waals surface area contributed by atoms with Crippen LogP contribution < -0.4 is 0 Å². The molecule has 2 rings (SSSR count). The smallest absolute Gasteiger partial charge is 0.345 e. The molecule has 1 aromatic rings. The number of piperidine rings is 1. The minimum Gasteiger partial charge on any atom is -0.345 e. The Hall–Kier alpha value is -1.77. The summed E-state index contributed by atoms with van der Waals surface area (Å²) in [5.74, 6) is -0.897. The summed E-state index contributed by atoms with van der Waals surface area (Å²) in [6.45, 7) is 2.21. The Balaban J connectivity index is 1.84. The maximum absolute atomic E-state index is 12.8. The number of rotatable bonds is 6. The Bertz CT molecular complexity index is 659. The largest absolute Gasteiger partial charge is 0.416 e. The first-order valence-electron chi connectivity index (χ1n) is 9.13. The second-order valence-electron chi connectivity index (χ2n) is 7.32. The molecule has 0 spiro atoms. The van der Waals surface area contributed by atoms with E-state index >= 15 is 0 Å². The lowest BCUT2D eigenvalue weighted by Gasteiger charge is -2.34. The van der Waals surface area contributed by atoms with Crippen molar-refractivity contribution < 1.29 is 31.1 Å². The third kappa shape index (κ3) is 7.33. The van der Waals surface area contributed by atoms with Gasteiger partial charge in [-0.15, -0.1) is 0 Å². The molecule has 0 aromatic heterocycles. The quantitative estimate of drug-likeness (QED) is 0.651. The van der Waals surface area contributed by atoms with Crippen LogP contribution in [0.5, 0.6) is 0 Å². The van der Waals surface area contributed by atoms with Crippen molar-refractivity contribution in [2.75, 3.05) is 33.2 Å². The second kappa shape index (κ2) is 9.15. The third-order valence-corrected chi connectivity index (χ3v) is 4.88. The van der Waals surface area contributed by atoms with Crippen molar-refractivity contribution in [2.24, 2.45) is 5.92 Å². The molecule has 1 atom stereocenters. The van der Waals surface area contributed by atoms with Crippen LogP contribution in [0, 0.1) is 5.92 Å². The van der Waals surface area contributed by atoms with Crippen molar-refractivity contribution >= 4 is 5.91 Å². The molecule has 1 amide bonds. The first-order valence-corrected chi connectivity index (χ1v) is 9.13. The summed E-state index contributed by atoms with van der Waals surface area (Å²) in [6, 6.07) is 5.22. The van der Waals surface area contributed by atoms with E-state index in [4.69, 9.17) is 0 Å². The molecular formula is C19H24F6N2O. The van der Waals surface area contributed by atoms with Gasteiger partial charge < -0.3 is 9.80 Å². The molecule has 1 aliphatic rings.